The minimum atomic E-state index is -2.82. The molecule has 0 radical (unpaired) electrons. The third kappa shape index (κ3) is 5.38. The van der Waals surface area contributed by atoms with Crippen LogP contribution in [-0.2, 0) is 16.4 Å². The summed E-state index contributed by atoms with van der Waals surface area (Å²) in [6.45, 7) is 3.50. The SMILES string of the molecule is Cc1ccsc1CN=C(NCC1CCS(=O)(=O)C1)NC1CC2CCC1C2.I. The third-order valence-electron chi connectivity index (χ3n) is 6.29. The number of aliphatic imine (C=N–C) groups is 1. The van der Waals surface area contributed by atoms with E-state index in [4.69, 9.17) is 4.99 Å². The number of sulfone groups is 1. The number of rotatable bonds is 5. The molecular formula is C19H30IN3O2S2. The quantitative estimate of drug-likeness (QED) is 0.353. The van der Waals surface area contributed by atoms with Gasteiger partial charge in [0.05, 0.1) is 18.1 Å². The summed E-state index contributed by atoms with van der Waals surface area (Å²) in [5, 5.41) is 9.23. The maximum atomic E-state index is 11.7. The molecule has 2 aliphatic carbocycles. The molecule has 4 unspecified atom stereocenters. The molecule has 1 aromatic heterocycles. The zero-order chi connectivity index (χ0) is 18.1. The lowest BCUT2D eigenvalue weighted by atomic mass is 9.95. The van der Waals surface area contributed by atoms with E-state index in [0.717, 1.165) is 24.2 Å². The summed E-state index contributed by atoms with van der Waals surface area (Å²) in [5.41, 5.74) is 1.29. The first-order chi connectivity index (χ1) is 12.5. The van der Waals surface area contributed by atoms with Gasteiger partial charge in [-0.1, -0.05) is 6.42 Å². The van der Waals surface area contributed by atoms with Gasteiger partial charge >= 0.3 is 0 Å². The summed E-state index contributed by atoms with van der Waals surface area (Å²) < 4.78 is 23.4. The number of thiophene rings is 1. The minimum Gasteiger partial charge on any atom is -0.356 e. The Labute approximate surface area is 183 Å². The third-order valence-corrected chi connectivity index (χ3v) is 9.14. The Kier molecular flexibility index (Phi) is 7.11. The van der Waals surface area contributed by atoms with Crippen molar-refractivity contribution < 1.29 is 8.42 Å². The van der Waals surface area contributed by atoms with Gasteiger partial charge in [0.1, 0.15) is 0 Å². The summed E-state index contributed by atoms with van der Waals surface area (Å²) in [4.78, 5) is 6.12. The van der Waals surface area contributed by atoms with Crippen molar-refractivity contribution >= 4 is 51.1 Å². The average Bonchev–Trinajstić information content (AvgIpc) is 3.36. The lowest BCUT2D eigenvalue weighted by Gasteiger charge is -2.25. The molecule has 0 aromatic carbocycles. The van der Waals surface area contributed by atoms with Gasteiger partial charge in [0, 0.05) is 17.5 Å². The van der Waals surface area contributed by atoms with Gasteiger partial charge in [0.25, 0.3) is 0 Å². The van der Waals surface area contributed by atoms with E-state index in [1.165, 1.54) is 36.1 Å². The summed E-state index contributed by atoms with van der Waals surface area (Å²) in [7, 11) is -2.82. The van der Waals surface area contributed by atoms with Crippen LogP contribution in [0.3, 0.4) is 0 Å². The predicted molar refractivity (Wildman–Crippen MR) is 123 cm³/mol. The van der Waals surface area contributed by atoms with Crippen molar-refractivity contribution in [2.45, 2.75) is 51.6 Å². The molecule has 3 fully saturated rings. The molecule has 2 saturated carbocycles. The topological polar surface area (TPSA) is 70.6 Å². The van der Waals surface area contributed by atoms with E-state index in [-0.39, 0.29) is 29.9 Å². The summed E-state index contributed by atoms with van der Waals surface area (Å²) in [6.07, 6.45) is 6.09. The van der Waals surface area contributed by atoms with Crippen molar-refractivity contribution in [2.24, 2.45) is 22.7 Å². The molecule has 152 valence electrons. The van der Waals surface area contributed by atoms with Crippen LogP contribution in [0.15, 0.2) is 16.4 Å². The Hall–Kier alpha value is -0.350. The average molecular weight is 524 g/mol. The first-order valence-corrected chi connectivity index (χ1v) is 12.5. The number of aryl methyl sites for hydroxylation is 1. The van der Waals surface area contributed by atoms with Gasteiger partial charge in [-0.15, -0.1) is 35.3 Å². The second-order valence-corrected chi connectivity index (χ2v) is 11.5. The van der Waals surface area contributed by atoms with Crippen LogP contribution in [0.2, 0.25) is 0 Å². The summed E-state index contributed by atoms with van der Waals surface area (Å²) in [6, 6.07) is 2.66. The van der Waals surface area contributed by atoms with Crippen molar-refractivity contribution in [3.63, 3.8) is 0 Å². The largest absolute Gasteiger partial charge is 0.356 e. The first-order valence-electron chi connectivity index (χ1n) is 9.77. The molecule has 2 N–H and O–H groups in total. The van der Waals surface area contributed by atoms with E-state index in [2.05, 4.69) is 29.0 Å². The van der Waals surface area contributed by atoms with E-state index in [0.29, 0.717) is 30.6 Å². The van der Waals surface area contributed by atoms with Crippen molar-refractivity contribution in [3.8, 4) is 0 Å². The normalized spacial score (nSPS) is 31.7. The molecule has 1 aromatic rings. The lowest BCUT2D eigenvalue weighted by molar-refractivity contribution is 0.386. The highest BCUT2D eigenvalue weighted by Crippen LogP contribution is 2.44. The Morgan fingerprint density at radius 1 is 1.30 bits per heavy atom. The molecule has 2 bridgehead atoms. The smallest absolute Gasteiger partial charge is 0.191 e. The van der Waals surface area contributed by atoms with Crippen LogP contribution in [0.4, 0.5) is 0 Å². The molecule has 0 amide bonds. The Bertz CT molecular complexity index is 778. The van der Waals surface area contributed by atoms with Crippen molar-refractivity contribution in [1.82, 2.24) is 10.6 Å². The first kappa shape index (κ1) is 21.4. The monoisotopic (exact) mass is 523 g/mol. The van der Waals surface area contributed by atoms with Gasteiger partial charge in [0.15, 0.2) is 15.8 Å². The van der Waals surface area contributed by atoms with Gasteiger partial charge in [-0.25, -0.2) is 13.4 Å². The molecule has 2 heterocycles. The molecule has 0 spiro atoms. The maximum absolute atomic E-state index is 11.7. The van der Waals surface area contributed by atoms with E-state index in [1.54, 1.807) is 11.3 Å². The van der Waals surface area contributed by atoms with Gasteiger partial charge in [0.2, 0.25) is 0 Å². The summed E-state index contributed by atoms with van der Waals surface area (Å²) in [5.74, 6) is 3.38. The fourth-order valence-corrected chi connectivity index (χ4v) is 7.43. The molecule has 3 aliphatic rings. The molecule has 5 nitrogen and oxygen atoms in total. The zero-order valence-corrected chi connectivity index (χ0v) is 19.8. The van der Waals surface area contributed by atoms with Crippen molar-refractivity contribution in [3.05, 3.63) is 21.9 Å². The summed E-state index contributed by atoms with van der Waals surface area (Å²) >= 11 is 1.75. The van der Waals surface area contributed by atoms with Gasteiger partial charge < -0.3 is 10.6 Å². The molecule has 8 heteroatoms. The van der Waals surface area contributed by atoms with E-state index in [1.807, 2.05) is 0 Å². The maximum Gasteiger partial charge on any atom is 0.191 e. The molecule has 1 saturated heterocycles. The fraction of sp³-hybridized carbons (Fsp3) is 0.737. The van der Waals surface area contributed by atoms with Gasteiger partial charge in [-0.05, 0) is 67.4 Å². The second kappa shape index (κ2) is 8.98. The number of hydrogen-bond donors (Lipinski definition) is 2. The van der Waals surface area contributed by atoms with Crippen LogP contribution >= 0.6 is 35.3 Å². The number of nitrogens with one attached hydrogen (secondary N) is 2. The van der Waals surface area contributed by atoms with Crippen LogP contribution in [0.1, 0.15) is 42.5 Å². The second-order valence-electron chi connectivity index (χ2n) is 8.27. The molecule has 27 heavy (non-hydrogen) atoms. The standard InChI is InChI=1S/C19H29N3O2S2.HI/c1-13-4-6-25-18(13)11-21-19(20-10-15-5-7-26(23,24)12-15)22-17-9-14-2-3-16(17)8-14;/h4,6,14-17H,2-3,5,7-12H2,1H3,(H2,20,21,22);1H. The number of hydrogen-bond acceptors (Lipinski definition) is 4. The van der Waals surface area contributed by atoms with Crippen LogP contribution in [0, 0.1) is 24.7 Å². The highest BCUT2D eigenvalue weighted by molar-refractivity contribution is 14.0. The van der Waals surface area contributed by atoms with Crippen LogP contribution in [0.5, 0.6) is 0 Å². The Morgan fingerprint density at radius 3 is 2.74 bits per heavy atom. The minimum absolute atomic E-state index is 0. The highest BCUT2D eigenvalue weighted by atomic mass is 127. The fourth-order valence-electron chi connectivity index (χ4n) is 4.74. The highest BCUT2D eigenvalue weighted by Gasteiger charge is 2.40. The molecular weight excluding hydrogens is 493 g/mol. The van der Waals surface area contributed by atoms with Crippen molar-refractivity contribution in [2.75, 3.05) is 18.1 Å². The lowest BCUT2D eigenvalue weighted by Crippen LogP contribution is -2.47. The Balaban J connectivity index is 0.00000210. The molecule has 4 atom stereocenters. The van der Waals surface area contributed by atoms with Gasteiger partial charge in [-0.2, -0.15) is 0 Å². The van der Waals surface area contributed by atoms with E-state index >= 15 is 0 Å². The number of fused-ring (bicyclic) bond motifs is 2. The van der Waals surface area contributed by atoms with E-state index in [9.17, 15) is 8.42 Å². The van der Waals surface area contributed by atoms with Gasteiger partial charge in [-0.3, -0.25) is 0 Å². The molecule has 4 rings (SSSR count). The van der Waals surface area contributed by atoms with Crippen LogP contribution in [-0.4, -0.2) is 38.5 Å². The number of guanidine groups is 1. The van der Waals surface area contributed by atoms with Crippen molar-refractivity contribution in [1.29, 1.82) is 0 Å². The predicted octanol–water partition coefficient (Wildman–Crippen LogP) is 3.33. The Morgan fingerprint density at radius 2 is 2.15 bits per heavy atom. The number of nitrogens with zero attached hydrogens (tertiary/aromatic N) is 1. The van der Waals surface area contributed by atoms with Crippen LogP contribution in [0.25, 0.3) is 0 Å². The number of halogens is 1. The molecule has 1 aliphatic heterocycles. The van der Waals surface area contributed by atoms with Crippen LogP contribution < -0.4 is 10.6 Å². The van der Waals surface area contributed by atoms with E-state index < -0.39 is 9.84 Å². The zero-order valence-electron chi connectivity index (χ0n) is 15.8.